The predicted molar refractivity (Wildman–Crippen MR) is 107 cm³/mol. The number of carbonyl (C=O) groups is 1. The molecule has 1 saturated heterocycles. The van der Waals surface area contributed by atoms with E-state index in [-0.39, 0.29) is 5.56 Å². The van der Waals surface area contributed by atoms with E-state index in [2.05, 4.69) is 20.2 Å². The van der Waals surface area contributed by atoms with Gasteiger partial charge in [-0.2, -0.15) is 0 Å². The van der Waals surface area contributed by atoms with E-state index in [1.54, 1.807) is 6.92 Å². The van der Waals surface area contributed by atoms with E-state index < -0.39 is 11.5 Å². The number of aromatic nitrogens is 2. The lowest BCUT2D eigenvalue weighted by Crippen LogP contribution is -2.47. The van der Waals surface area contributed by atoms with Crippen LogP contribution in [0.3, 0.4) is 0 Å². The van der Waals surface area contributed by atoms with Gasteiger partial charge >= 0.3 is 0 Å². The molecule has 0 aliphatic carbocycles. The summed E-state index contributed by atoms with van der Waals surface area (Å²) in [5.74, 6) is 0.0581. The summed E-state index contributed by atoms with van der Waals surface area (Å²) in [7, 11) is 0. The zero-order valence-corrected chi connectivity index (χ0v) is 16.5. The third kappa shape index (κ3) is 4.61. The summed E-state index contributed by atoms with van der Waals surface area (Å²) >= 11 is 12.5. The summed E-state index contributed by atoms with van der Waals surface area (Å²) in [4.78, 5) is 35.2. The minimum atomic E-state index is -0.434. The lowest BCUT2D eigenvalue weighted by molar-refractivity contribution is 0.0954. The summed E-state index contributed by atoms with van der Waals surface area (Å²) in [6.45, 7) is 5.89. The Bertz CT molecular complexity index is 858. The molecular formula is C18H21Cl2N5O2. The Kier molecular flexibility index (Phi) is 6.36. The molecule has 1 aromatic carbocycles. The van der Waals surface area contributed by atoms with Crippen LogP contribution in [0.2, 0.25) is 10.0 Å². The summed E-state index contributed by atoms with van der Waals surface area (Å²) < 4.78 is 0. The van der Waals surface area contributed by atoms with Gasteiger partial charge in [0.2, 0.25) is 5.95 Å². The number of amides is 1. The summed E-state index contributed by atoms with van der Waals surface area (Å²) in [5, 5.41) is 3.93. The first-order chi connectivity index (χ1) is 13.0. The number of carbonyl (C=O) groups excluding carboxylic acids is 1. The standard InChI is InChI=1S/C18H21Cl2N5O2/c1-2-21-16(26)12-10-22-18(23-17(12)27)25-8-6-24(7-9-25)11-13-14(19)4-3-5-15(13)20/h3-5,10H,2,6-9,11H2,1H3,(H,21,26)(H,22,23,27). The molecule has 1 aromatic heterocycles. The Labute approximate surface area is 167 Å². The van der Waals surface area contributed by atoms with Gasteiger partial charge in [0.15, 0.2) is 0 Å². The first-order valence-corrected chi connectivity index (χ1v) is 9.53. The number of piperazine rings is 1. The fraction of sp³-hybridized carbons (Fsp3) is 0.389. The molecular weight excluding hydrogens is 389 g/mol. The quantitative estimate of drug-likeness (QED) is 0.790. The molecule has 1 fully saturated rings. The van der Waals surface area contributed by atoms with Crippen molar-refractivity contribution in [3.05, 3.63) is 55.9 Å². The van der Waals surface area contributed by atoms with Gasteiger partial charge in [0.1, 0.15) is 5.56 Å². The van der Waals surface area contributed by atoms with Gasteiger partial charge in [-0.15, -0.1) is 0 Å². The van der Waals surface area contributed by atoms with Crippen molar-refractivity contribution < 1.29 is 4.79 Å². The maximum atomic E-state index is 12.2. The normalized spacial score (nSPS) is 15.0. The molecule has 2 heterocycles. The molecule has 1 aliphatic rings. The number of nitrogens with one attached hydrogen (secondary N) is 2. The lowest BCUT2D eigenvalue weighted by Gasteiger charge is -2.35. The minimum absolute atomic E-state index is 0.0209. The number of hydrogen-bond donors (Lipinski definition) is 2. The second-order valence-corrected chi connectivity index (χ2v) is 7.09. The van der Waals surface area contributed by atoms with Crippen molar-refractivity contribution in [2.24, 2.45) is 0 Å². The molecule has 0 atom stereocenters. The van der Waals surface area contributed by atoms with E-state index >= 15 is 0 Å². The lowest BCUT2D eigenvalue weighted by atomic mass is 10.2. The van der Waals surface area contributed by atoms with Crippen LogP contribution in [0, 0.1) is 0 Å². The molecule has 144 valence electrons. The van der Waals surface area contributed by atoms with Gasteiger partial charge in [-0.25, -0.2) is 4.98 Å². The zero-order chi connectivity index (χ0) is 19.4. The Morgan fingerprint density at radius 1 is 1.22 bits per heavy atom. The molecule has 2 N–H and O–H groups in total. The Morgan fingerprint density at radius 3 is 2.48 bits per heavy atom. The number of nitrogens with zero attached hydrogens (tertiary/aromatic N) is 3. The van der Waals surface area contributed by atoms with Gasteiger partial charge in [-0.05, 0) is 19.1 Å². The number of aromatic amines is 1. The van der Waals surface area contributed by atoms with Crippen LogP contribution >= 0.6 is 23.2 Å². The van der Waals surface area contributed by atoms with Crippen molar-refractivity contribution in [2.45, 2.75) is 13.5 Å². The molecule has 0 radical (unpaired) electrons. The first-order valence-electron chi connectivity index (χ1n) is 8.77. The number of anilines is 1. The molecule has 0 unspecified atom stereocenters. The van der Waals surface area contributed by atoms with Gasteiger partial charge in [-0.1, -0.05) is 29.3 Å². The molecule has 1 amide bonds. The molecule has 0 spiro atoms. The van der Waals surface area contributed by atoms with Crippen molar-refractivity contribution in [1.82, 2.24) is 20.2 Å². The third-order valence-electron chi connectivity index (χ3n) is 4.48. The topological polar surface area (TPSA) is 81.3 Å². The van der Waals surface area contributed by atoms with E-state index in [1.807, 2.05) is 23.1 Å². The van der Waals surface area contributed by atoms with Gasteiger partial charge in [0, 0.05) is 61.1 Å². The highest BCUT2D eigenvalue weighted by Gasteiger charge is 2.21. The van der Waals surface area contributed by atoms with Crippen LogP contribution in [0.5, 0.6) is 0 Å². The van der Waals surface area contributed by atoms with E-state index in [0.717, 1.165) is 18.7 Å². The maximum absolute atomic E-state index is 12.2. The summed E-state index contributed by atoms with van der Waals surface area (Å²) in [6, 6.07) is 5.51. The largest absolute Gasteiger partial charge is 0.352 e. The molecule has 7 nitrogen and oxygen atoms in total. The highest BCUT2D eigenvalue weighted by atomic mass is 35.5. The summed E-state index contributed by atoms with van der Waals surface area (Å²) in [5.41, 5.74) is 0.510. The highest BCUT2D eigenvalue weighted by Crippen LogP contribution is 2.26. The molecule has 9 heteroatoms. The molecule has 1 aliphatic heterocycles. The Balaban J connectivity index is 1.63. The molecule has 2 aromatic rings. The van der Waals surface area contributed by atoms with Crippen molar-refractivity contribution in [3.63, 3.8) is 0 Å². The van der Waals surface area contributed by atoms with E-state index in [9.17, 15) is 9.59 Å². The average molecular weight is 410 g/mol. The number of benzene rings is 1. The number of H-pyrrole nitrogens is 1. The monoisotopic (exact) mass is 409 g/mol. The molecule has 0 saturated carbocycles. The number of hydrogen-bond acceptors (Lipinski definition) is 5. The fourth-order valence-electron chi connectivity index (χ4n) is 2.99. The van der Waals surface area contributed by atoms with Crippen LogP contribution in [0.15, 0.2) is 29.2 Å². The number of halogens is 2. The minimum Gasteiger partial charge on any atom is -0.352 e. The van der Waals surface area contributed by atoms with Crippen molar-refractivity contribution in [2.75, 3.05) is 37.6 Å². The summed E-state index contributed by atoms with van der Waals surface area (Å²) in [6.07, 6.45) is 1.33. The van der Waals surface area contributed by atoms with Crippen LogP contribution in [0.1, 0.15) is 22.8 Å². The first kappa shape index (κ1) is 19.7. The predicted octanol–water partition coefficient (Wildman–Crippen LogP) is 2.15. The van der Waals surface area contributed by atoms with Crippen LogP contribution in [0.25, 0.3) is 0 Å². The van der Waals surface area contributed by atoms with Crippen molar-refractivity contribution in [3.8, 4) is 0 Å². The maximum Gasteiger partial charge on any atom is 0.265 e. The average Bonchev–Trinajstić information content (AvgIpc) is 2.65. The highest BCUT2D eigenvalue weighted by molar-refractivity contribution is 6.35. The molecule has 27 heavy (non-hydrogen) atoms. The Hall–Kier alpha value is -2.09. The van der Waals surface area contributed by atoms with Gasteiger partial charge in [0.05, 0.1) is 0 Å². The number of rotatable bonds is 5. The molecule has 0 bridgehead atoms. The zero-order valence-electron chi connectivity index (χ0n) is 15.0. The van der Waals surface area contributed by atoms with Crippen molar-refractivity contribution >= 4 is 35.1 Å². The second kappa shape index (κ2) is 8.73. The van der Waals surface area contributed by atoms with Crippen LogP contribution in [0.4, 0.5) is 5.95 Å². The van der Waals surface area contributed by atoms with Gasteiger partial charge in [-0.3, -0.25) is 19.5 Å². The third-order valence-corrected chi connectivity index (χ3v) is 5.19. The Morgan fingerprint density at radius 2 is 1.89 bits per heavy atom. The second-order valence-electron chi connectivity index (χ2n) is 6.27. The van der Waals surface area contributed by atoms with Crippen LogP contribution < -0.4 is 15.8 Å². The van der Waals surface area contributed by atoms with E-state index in [1.165, 1.54) is 6.20 Å². The molecule has 3 rings (SSSR count). The van der Waals surface area contributed by atoms with E-state index in [0.29, 0.717) is 42.2 Å². The fourth-order valence-corrected chi connectivity index (χ4v) is 3.51. The van der Waals surface area contributed by atoms with E-state index in [4.69, 9.17) is 23.2 Å². The smallest absolute Gasteiger partial charge is 0.265 e. The SMILES string of the molecule is CCNC(=O)c1cnc(N2CCN(Cc3c(Cl)cccc3Cl)CC2)[nH]c1=O. The van der Waals surface area contributed by atoms with Crippen molar-refractivity contribution in [1.29, 1.82) is 0 Å². The van der Waals surface area contributed by atoms with Crippen LogP contribution in [-0.2, 0) is 6.54 Å². The van der Waals surface area contributed by atoms with Crippen LogP contribution in [-0.4, -0.2) is 53.5 Å². The van der Waals surface area contributed by atoms with Gasteiger partial charge < -0.3 is 10.2 Å². The van der Waals surface area contributed by atoms with Gasteiger partial charge in [0.25, 0.3) is 11.5 Å².